The highest BCUT2D eigenvalue weighted by molar-refractivity contribution is 7.92. The van der Waals surface area contributed by atoms with Crippen molar-refractivity contribution in [2.75, 3.05) is 5.75 Å². The third-order valence-corrected chi connectivity index (χ3v) is 7.74. The third kappa shape index (κ3) is 5.93. The van der Waals surface area contributed by atoms with Crippen LogP contribution in [0.2, 0.25) is 0 Å². The van der Waals surface area contributed by atoms with Gasteiger partial charge in [0.1, 0.15) is 5.58 Å². The average molecular weight is 393 g/mol. The smallest absolute Gasteiger partial charge is 0.336 e. The molecule has 0 spiro atoms. The Bertz CT molecular complexity index is 917. The van der Waals surface area contributed by atoms with Gasteiger partial charge in [-0.25, -0.2) is 13.2 Å². The van der Waals surface area contributed by atoms with E-state index in [9.17, 15) is 13.2 Å². The number of fused-ring (bicyclic) bond motifs is 1. The molecule has 0 saturated heterocycles. The van der Waals surface area contributed by atoms with Crippen LogP contribution in [-0.4, -0.2) is 18.9 Å². The number of sulfone groups is 1. The van der Waals surface area contributed by atoms with E-state index < -0.39 is 14.6 Å². The van der Waals surface area contributed by atoms with Crippen molar-refractivity contribution in [3.8, 4) is 0 Å². The standard InChI is InChI=1S/C22H32O4S/c1-5-18-15-17(16-19-12-13-20(23)26-21(18)19)11-9-7-6-8-10-14-27(24,25)22(2,3)4/h12-13,15-16H,5-11,14H2,1-4H3. The molecule has 4 nitrogen and oxygen atoms in total. The summed E-state index contributed by atoms with van der Waals surface area (Å²) >= 11 is 0. The SMILES string of the molecule is CCc1cc(CCCCCCCS(=O)(=O)C(C)(C)C)cc2ccc(=O)oc12. The summed E-state index contributed by atoms with van der Waals surface area (Å²) in [6.07, 6.45) is 6.76. The highest BCUT2D eigenvalue weighted by Crippen LogP contribution is 2.22. The molecule has 0 aliphatic carbocycles. The van der Waals surface area contributed by atoms with Crippen molar-refractivity contribution >= 4 is 20.8 Å². The van der Waals surface area contributed by atoms with Crippen LogP contribution >= 0.6 is 0 Å². The molecule has 1 heterocycles. The van der Waals surface area contributed by atoms with E-state index in [1.54, 1.807) is 20.8 Å². The molecule has 0 atom stereocenters. The quantitative estimate of drug-likeness (QED) is 0.442. The van der Waals surface area contributed by atoms with E-state index in [4.69, 9.17) is 4.42 Å². The van der Waals surface area contributed by atoms with Gasteiger partial charge in [0, 0.05) is 11.5 Å². The monoisotopic (exact) mass is 392 g/mol. The zero-order chi connectivity index (χ0) is 20.1. The Kier molecular flexibility index (Phi) is 7.26. The lowest BCUT2D eigenvalue weighted by atomic mass is 10.00. The van der Waals surface area contributed by atoms with Crippen LogP contribution in [0.5, 0.6) is 0 Å². The molecule has 27 heavy (non-hydrogen) atoms. The molecule has 5 heteroatoms. The molecular weight excluding hydrogens is 360 g/mol. The molecule has 0 amide bonds. The second kappa shape index (κ2) is 9.05. The molecule has 1 aromatic heterocycles. The van der Waals surface area contributed by atoms with Crippen LogP contribution in [0.4, 0.5) is 0 Å². The summed E-state index contributed by atoms with van der Waals surface area (Å²) in [5.74, 6) is 0.284. The van der Waals surface area contributed by atoms with E-state index >= 15 is 0 Å². The molecular formula is C22H32O4S. The van der Waals surface area contributed by atoms with Gasteiger partial charge in [-0.2, -0.15) is 0 Å². The maximum atomic E-state index is 12.1. The van der Waals surface area contributed by atoms with E-state index in [1.807, 2.05) is 6.07 Å². The molecule has 0 unspecified atom stereocenters. The van der Waals surface area contributed by atoms with Gasteiger partial charge < -0.3 is 4.42 Å². The predicted octanol–water partition coefficient (Wildman–Crippen LogP) is 5.06. The summed E-state index contributed by atoms with van der Waals surface area (Å²) in [4.78, 5) is 11.4. The lowest BCUT2D eigenvalue weighted by molar-refractivity contribution is 0.552. The molecule has 0 bridgehead atoms. The lowest BCUT2D eigenvalue weighted by Crippen LogP contribution is -2.30. The zero-order valence-electron chi connectivity index (χ0n) is 17.0. The number of hydrogen-bond acceptors (Lipinski definition) is 4. The van der Waals surface area contributed by atoms with Gasteiger partial charge in [0.05, 0.1) is 10.5 Å². The Morgan fingerprint density at radius 3 is 2.30 bits per heavy atom. The molecule has 0 saturated carbocycles. The van der Waals surface area contributed by atoms with Crippen molar-refractivity contribution in [3.63, 3.8) is 0 Å². The van der Waals surface area contributed by atoms with E-state index in [-0.39, 0.29) is 11.4 Å². The first-order valence-corrected chi connectivity index (χ1v) is 11.6. The average Bonchev–Trinajstić information content (AvgIpc) is 2.59. The fourth-order valence-corrected chi connectivity index (χ4v) is 4.38. The summed E-state index contributed by atoms with van der Waals surface area (Å²) in [5.41, 5.74) is 2.74. The van der Waals surface area contributed by atoms with Crippen molar-refractivity contribution in [3.05, 3.63) is 45.8 Å². The third-order valence-electron chi connectivity index (χ3n) is 5.05. The van der Waals surface area contributed by atoms with Crippen molar-refractivity contribution in [1.29, 1.82) is 0 Å². The fraction of sp³-hybridized carbons (Fsp3) is 0.591. The highest BCUT2D eigenvalue weighted by atomic mass is 32.2. The first kappa shape index (κ1) is 21.7. The van der Waals surface area contributed by atoms with Crippen molar-refractivity contribution in [1.82, 2.24) is 0 Å². The Balaban J connectivity index is 1.81. The second-order valence-corrected chi connectivity index (χ2v) is 11.1. The number of unbranched alkanes of at least 4 members (excludes halogenated alkanes) is 4. The van der Waals surface area contributed by atoms with Gasteiger partial charge in [-0.3, -0.25) is 0 Å². The number of aryl methyl sites for hydroxylation is 2. The normalized spacial score (nSPS) is 12.6. The van der Waals surface area contributed by atoms with Crippen molar-refractivity contribution < 1.29 is 12.8 Å². The molecule has 0 radical (unpaired) electrons. The summed E-state index contributed by atoms with van der Waals surface area (Å²) in [5, 5.41) is 0.983. The molecule has 0 aliphatic heterocycles. The number of rotatable bonds is 9. The minimum Gasteiger partial charge on any atom is -0.422 e. The molecule has 2 aromatic rings. The van der Waals surface area contributed by atoms with Crippen molar-refractivity contribution in [2.24, 2.45) is 0 Å². The lowest BCUT2D eigenvalue weighted by Gasteiger charge is -2.18. The minimum absolute atomic E-state index is 0.284. The van der Waals surface area contributed by atoms with Gasteiger partial charge in [-0.05, 0) is 69.7 Å². The molecule has 2 rings (SSSR count). The van der Waals surface area contributed by atoms with Crippen LogP contribution < -0.4 is 5.63 Å². The van der Waals surface area contributed by atoms with Gasteiger partial charge in [0.25, 0.3) is 0 Å². The maximum absolute atomic E-state index is 12.1. The van der Waals surface area contributed by atoms with Crippen LogP contribution in [0.3, 0.4) is 0 Å². The van der Waals surface area contributed by atoms with Crippen LogP contribution in [0.1, 0.15) is 70.9 Å². The van der Waals surface area contributed by atoms with Crippen molar-refractivity contribution in [2.45, 2.75) is 77.4 Å². The predicted molar refractivity (Wildman–Crippen MR) is 112 cm³/mol. The largest absolute Gasteiger partial charge is 0.422 e. The molecule has 1 aromatic carbocycles. The van der Waals surface area contributed by atoms with Gasteiger partial charge in [-0.1, -0.05) is 32.3 Å². The molecule has 0 aliphatic rings. The first-order valence-electron chi connectivity index (χ1n) is 9.92. The van der Waals surface area contributed by atoms with E-state index in [1.165, 1.54) is 11.6 Å². The Hall–Kier alpha value is -1.62. The number of hydrogen-bond donors (Lipinski definition) is 0. The summed E-state index contributed by atoms with van der Waals surface area (Å²) < 4.78 is 28.9. The minimum atomic E-state index is -3.00. The van der Waals surface area contributed by atoms with Gasteiger partial charge >= 0.3 is 5.63 Å². The summed E-state index contributed by atoms with van der Waals surface area (Å²) in [7, 11) is -3.00. The van der Waals surface area contributed by atoms with E-state index in [0.29, 0.717) is 5.58 Å². The summed E-state index contributed by atoms with van der Waals surface area (Å²) in [6, 6.07) is 7.55. The van der Waals surface area contributed by atoms with Gasteiger partial charge in [0.15, 0.2) is 9.84 Å². The summed E-state index contributed by atoms with van der Waals surface area (Å²) in [6.45, 7) is 7.36. The van der Waals surface area contributed by atoms with Crippen LogP contribution in [-0.2, 0) is 22.7 Å². The molecule has 0 fully saturated rings. The highest BCUT2D eigenvalue weighted by Gasteiger charge is 2.27. The van der Waals surface area contributed by atoms with Crippen LogP contribution in [0, 0.1) is 0 Å². The van der Waals surface area contributed by atoms with E-state index in [2.05, 4.69) is 19.1 Å². The van der Waals surface area contributed by atoms with E-state index in [0.717, 1.165) is 55.9 Å². The van der Waals surface area contributed by atoms with Crippen LogP contribution in [0.15, 0.2) is 33.5 Å². The molecule has 0 N–H and O–H groups in total. The topological polar surface area (TPSA) is 64.3 Å². The second-order valence-electron chi connectivity index (χ2n) is 8.23. The van der Waals surface area contributed by atoms with Gasteiger partial charge in [-0.15, -0.1) is 0 Å². The Morgan fingerprint density at radius 2 is 1.63 bits per heavy atom. The zero-order valence-corrected chi connectivity index (χ0v) is 17.8. The maximum Gasteiger partial charge on any atom is 0.336 e. The Labute approximate surface area is 162 Å². The van der Waals surface area contributed by atoms with Crippen LogP contribution in [0.25, 0.3) is 11.0 Å². The number of benzene rings is 1. The Morgan fingerprint density at radius 1 is 0.963 bits per heavy atom. The fourth-order valence-electron chi connectivity index (χ4n) is 3.19. The first-order chi connectivity index (χ1) is 12.6. The molecule has 150 valence electrons. The van der Waals surface area contributed by atoms with Gasteiger partial charge in [0.2, 0.25) is 0 Å².